The Morgan fingerprint density at radius 2 is 1.73 bits per heavy atom. The Balaban J connectivity index is 1.49. The van der Waals surface area contributed by atoms with Crippen molar-refractivity contribution in [3.05, 3.63) is 70.0 Å². The van der Waals surface area contributed by atoms with Crippen LogP contribution in [0.5, 0.6) is 5.75 Å². The number of aromatic nitrogens is 3. The van der Waals surface area contributed by atoms with Crippen molar-refractivity contribution in [1.29, 1.82) is 0 Å². The van der Waals surface area contributed by atoms with E-state index in [0.717, 1.165) is 10.3 Å². The van der Waals surface area contributed by atoms with E-state index in [1.165, 1.54) is 11.8 Å². The molecule has 0 saturated carbocycles. The minimum absolute atomic E-state index is 0.0313. The summed E-state index contributed by atoms with van der Waals surface area (Å²) < 4.78 is 7.87. The summed E-state index contributed by atoms with van der Waals surface area (Å²) in [5.74, 6) is 1.60. The minimum Gasteiger partial charge on any atom is -0.497 e. The zero-order valence-corrected chi connectivity index (χ0v) is 19.0. The number of ether oxygens (including phenoxy) is 1. The highest BCUT2D eigenvalue weighted by Crippen LogP contribution is 2.19. The number of methoxy groups -OCH3 is 1. The van der Waals surface area contributed by atoms with Crippen LogP contribution in [-0.2, 0) is 13.5 Å². The molecule has 0 saturated heterocycles. The van der Waals surface area contributed by atoms with Gasteiger partial charge in [0.15, 0.2) is 10.9 Å². The van der Waals surface area contributed by atoms with Crippen molar-refractivity contribution in [2.75, 3.05) is 19.4 Å². The maximum absolute atomic E-state index is 12.3. The van der Waals surface area contributed by atoms with Crippen LogP contribution in [0.15, 0.2) is 58.2 Å². The third-order valence-electron chi connectivity index (χ3n) is 4.41. The Labute approximate surface area is 187 Å². The van der Waals surface area contributed by atoms with Gasteiger partial charge in [-0.15, -0.1) is 10.2 Å². The van der Waals surface area contributed by atoms with Crippen LogP contribution in [-0.4, -0.2) is 45.9 Å². The molecule has 9 heteroatoms. The summed E-state index contributed by atoms with van der Waals surface area (Å²) >= 11 is 4.71. The number of thioether (sulfide) groups is 1. The molecule has 1 heterocycles. The maximum Gasteiger partial charge on any atom is 0.251 e. The number of amides is 1. The molecule has 30 heavy (non-hydrogen) atoms. The second kappa shape index (κ2) is 10.4. The molecule has 0 aliphatic carbocycles. The molecule has 0 bridgehead atoms. The number of ketones is 1. The van der Waals surface area contributed by atoms with Gasteiger partial charge >= 0.3 is 0 Å². The molecule has 0 fully saturated rings. The first-order valence-corrected chi connectivity index (χ1v) is 11.0. The minimum atomic E-state index is -0.158. The third kappa shape index (κ3) is 5.70. The standard InChI is InChI=1S/C21H21BrN4O3S/c1-26-19(11-12-23-20(28)15-5-9-17(29-2)10-6-15)24-25-21(26)30-13-18(27)14-3-7-16(22)8-4-14/h3-10H,11-13H2,1-2H3,(H,23,28). The van der Waals surface area contributed by atoms with Crippen LogP contribution in [0.4, 0.5) is 0 Å². The van der Waals surface area contributed by atoms with E-state index in [0.29, 0.717) is 35.0 Å². The zero-order valence-electron chi connectivity index (χ0n) is 16.6. The number of hydrogen-bond donors (Lipinski definition) is 1. The van der Waals surface area contributed by atoms with Crippen LogP contribution < -0.4 is 10.1 Å². The van der Waals surface area contributed by atoms with E-state index in [2.05, 4.69) is 31.4 Å². The highest BCUT2D eigenvalue weighted by atomic mass is 79.9. The summed E-state index contributed by atoms with van der Waals surface area (Å²) in [6, 6.07) is 14.2. The van der Waals surface area contributed by atoms with E-state index in [1.807, 2.05) is 23.7 Å². The van der Waals surface area contributed by atoms with E-state index < -0.39 is 0 Å². The molecule has 0 aliphatic rings. The molecule has 1 N–H and O–H groups in total. The lowest BCUT2D eigenvalue weighted by atomic mass is 10.2. The predicted octanol–water partition coefficient (Wildman–Crippen LogP) is 3.53. The van der Waals surface area contributed by atoms with Crippen LogP contribution in [0.25, 0.3) is 0 Å². The first-order valence-electron chi connectivity index (χ1n) is 9.20. The van der Waals surface area contributed by atoms with Gasteiger partial charge in [0.25, 0.3) is 5.91 Å². The highest BCUT2D eigenvalue weighted by molar-refractivity contribution is 9.10. The van der Waals surface area contributed by atoms with Crippen LogP contribution in [0.3, 0.4) is 0 Å². The van der Waals surface area contributed by atoms with Crippen molar-refractivity contribution in [3.63, 3.8) is 0 Å². The molecule has 3 aromatic rings. The van der Waals surface area contributed by atoms with Crippen molar-refractivity contribution >= 4 is 39.4 Å². The van der Waals surface area contributed by atoms with Gasteiger partial charge in [0.1, 0.15) is 11.6 Å². The van der Waals surface area contributed by atoms with Gasteiger partial charge in [-0.05, 0) is 36.4 Å². The van der Waals surface area contributed by atoms with E-state index in [4.69, 9.17) is 4.74 Å². The summed E-state index contributed by atoms with van der Waals surface area (Å²) in [4.78, 5) is 24.5. The Morgan fingerprint density at radius 1 is 1.07 bits per heavy atom. The lowest BCUT2D eigenvalue weighted by molar-refractivity contribution is 0.0953. The SMILES string of the molecule is COc1ccc(C(=O)NCCc2nnc(SCC(=O)c3ccc(Br)cc3)n2C)cc1. The Bertz CT molecular complexity index is 1020. The average Bonchev–Trinajstić information content (AvgIpc) is 3.12. The number of carbonyl (C=O) groups is 2. The van der Waals surface area contributed by atoms with Crippen molar-refractivity contribution < 1.29 is 14.3 Å². The third-order valence-corrected chi connectivity index (χ3v) is 5.96. The van der Waals surface area contributed by atoms with E-state index in [-0.39, 0.29) is 17.4 Å². The van der Waals surface area contributed by atoms with E-state index in [9.17, 15) is 9.59 Å². The van der Waals surface area contributed by atoms with E-state index in [1.54, 1.807) is 43.5 Å². The van der Waals surface area contributed by atoms with Gasteiger partial charge in [-0.3, -0.25) is 9.59 Å². The molecule has 1 amide bonds. The molecule has 0 aliphatic heterocycles. The largest absolute Gasteiger partial charge is 0.497 e. The fourth-order valence-electron chi connectivity index (χ4n) is 2.67. The van der Waals surface area contributed by atoms with Crippen LogP contribution in [0.2, 0.25) is 0 Å². The number of hydrogen-bond acceptors (Lipinski definition) is 6. The fourth-order valence-corrected chi connectivity index (χ4v) is 3.76. The monoisotopic (exact) mass is 488 g/mol. The molecule has 0 spiro atoms. The summed E-state index contributed by atoms with van der Waals surface area (Å²) in [6.07, 6.45) is 0.534. The normalized spacial score (nSPS) is 10.6. The molecule has 7 nitrogen and oxygen atoms in total. The Hall–Kier alpha value is -2.65. The van der Waals surface area contributed by atoms with Crippen molar-refractivity contribution in [3.8, 4) is 5.75 Å². The number of rotatable bonds is 9. The van der Waals surface area contributed by atoms with Gasteiger partial charge in [0.2, 0.25) is 0 Å². The summed E-state index contributed by atoms with van der Waals surface area (Å²) in [7, 11) is 3.44. The quantitative estimate of drug-likeness (QED) is 0.366. The number of nitrogens with zero attached hydrogens (tertiary/aromatic N) is 3. The summed E-state index contributed by atoms with van der Waals surface area (Å²) in [5, 5.41) is 11.9. The molecule has 156 valence electrons. The lowest BCUT2D eigenvalue weighted by Gasteiger charge is -2.07. The van der Waals surface area contributed by atoms with Gasteiger partial charge in [0, 0.05) is 35.6 Å². The summed E-state index contributed by atoms with van der Waals surface area (Å²) in [6.45, 7) is 0.430. The summed E-state index contributed by atoms with van der Waals surface area (Å²) in [5.41, 5.74) is 1.23. The number of Topliss-reactive ketones (excluding diaryl/α,β-unsaturated/α-hetero) is 1. The number of benzene rings is 2. The van der Waals surface area contributed by atoms with Gasteiger partial charge in [-0.2, -0.15) is 0 Å². The zero-order chi connectivity index (χ0) is 21.5. The predicted molar refractivity (Wildman–Crippen MR) is 119 cm³/mol. The van der Waals surface area contributed by atoms with Crippen molar-refractivity contribution in [2.45, 2.75) is 11.6 Å². The lowest BCUT2D eigenvalue weighted by Crippen LogP contribution is -2.26. The molecule has 3 rings (SSSR count). The van der Waals surface area contributed by atoms with Gasteiger partial charge in [-0.25, -0.2) is 0 Å². The molecular formula is C21H21BrN4O3S. The van der Waals surface area contributed by atoms with E-state index >= 15 is 0 Å². The van der Waals surface area contributed by atoms with Crippen molar-refractivity contribution in [1.82, 2.24) is 20.1 Å². The second-order valence-corrected chi connectivity index (χ2v) is 8.27. The van der Waals surface area contributed by atoms with Gasteiger partial charge in [-0.1, -0.05) is 39.8 Å². The number of carbonyl (C=O) groups excluding carboxylic acids is 2. The van der Waals surface area contributed by atoms with Crippen LogP contribution in [0, 0.1) is 0 Å². The highest BCUT2D eigenvalue weighted by Gasteiger charge is 2.13. The Kier molecular flexibility index (Phi) is 7.64. The average molecular weight is 489 g/mol. The molecule has 0 unspecified atom stereocenters. The second-order valence-electron chi connectivity index (χ2n) is 6.41. The van der Waals surface area contributed by atoms with Crippen LogP contribution >= 0.6 is 27.7 Å². The van der Waals surface area contributed by atoms with Crippen molar-refractivity contribution in [2.24, 2.45) is 7.05 Å². The molecular weight excluding hydrogens is 468 g/mol. The first kappa shape index (κ1) is 22.0. The fraction of sp³-hybridized carbons (Fsp3) is 0.238. The molecule has 1 aromatic heterocycles. The molecule has 0 radical (unpaired) electrons. The van der Waals surface area contributed by atoms with Gasteiger partial charge in [0.05, 0.1) is 12.9 Å². The maximum atomic E-state index is 12.3. The topological polar surface area (TPSA) is 86.1 Å². The van der Waals surface area contributed by atoms with Gasteiger partial charge < -0.3 is 14.6 Å². The number of nitrogens with one attached hydrogen (secondary N) is 1. The number of halogens is 1. The first-order chi connectivity index (χ1) is 14.5. The molecule has 2 aromatic carbocycles. The smallest absolute Gasteiger partial charge is 0.251 e. The molecule has 0 atom stereocenters. The van der Waals surface area contributed by atoms with Crippen LogP contribution in [0.1, 0.15) is 26.5 Å². The Morgan fingerprint density at radius 3 is 2.40 bits per heavy atom.